The smallest absolute Gasteiger partial charge is 0.0396 e. The van der Waals surface area contributed by atoms with Crippen LogP contribution < -0.4 is 4.90 Å². The summed E-state index contributed by atoms with van der Waals surface area (Å²) >= 11 is 3.54. The zero-order valence-electron chi connectivity index (χ0n) is 11.7. The summed E-state index contributed by atoms with van der Waals surface area (Å²) in [6, 6.07) is 7.68. The van der Waals surface area contributed by atoms with Gasteiger partial charge in [-0.05, 0) is 49.9 Å². The Morgan fingerprint density at radius 1 is 1.21 bits per heavy atom. The number of benzene rings is 1. The Labute approximate surface area is 124 Å². The molecule has 19 heavy (non-hydrogen) atoms. The van der Waals surface area contributed by atoms with E-state index in [1.54, 1.807) is 0 Å². The van der Waals surface area contributed by atoms with Crippen molar-refractivity contribution in [1.82, 2.24) is 4.90 Å². The molecule has 2 aliphatic rings. The molecule has 2 nitrogen and oxygen atoms in total. The lowest BCUT2D eigenvalue weighted by Crippen LogP contribution is -2.36. The normalized spacial score (nSPS) is 24.3. The Kier molecular flexibility index (Phi) is 4.13. The molecule has 3 rings (SSSR count). The highest BCUT2D eigenvalue weighted by Gasteiger charge is 2.29. The van der Waals surface area contributed by atoms with Gasteiger partial charge in [-0.2, -0.15) is 0 Å². The van der Waals surface area contributed by atoms with E-state index in [1.807, 2.05) is 0 Å². The molecule has 0 amide bonds. The fraction of sp³-hybridized carbons (Fsp3) is 0.625. The van der Waals surface area contributed by atoms with Gasteiger partial charge in [-0.1, -0.05) is 28.1 Å². The largest absolute Gasteiger partial charge is 0.370 e. The quantitative estimate of drug-likeness (QED) is 0.768. The van der Waals surface area contributed by atoms with Gasteiger partial charge in [-0.25, -0.2) is 0 Å². The number of alkyl halides is 1. The molecule has 0 spiro atoms. The first-order valence-electron chi connectivity index (χ1n) is 7.42. The minimum absolute atomic E-state index is 0.790. The summed E-state index contributed by atoms with van der Waals surface area (Å²) in [5.41, 5.74) is 4.24. The molecular weight excluding hydrogens is 300 g/mol. The maximum atomic E-state index is 3.54. The van der Waals surface area contributed by atoms with Crippen molar-refractivity contribution in [1.29, 1.82) is 0 Å². The zero-order chi connectivity index (χ0) is 13.2. The average Bonchev–Trinajstić information content (AvgIpc) is 2.76. The van der Waals surface area contributed by atoms with Crippen LogP contribution in [0.15, 0.2) is 18.2 Å². The summed E-state index contributed by atoms with van der Waals surface area (Å²) in [5, 5.41) is 0.949. The molecule has 0 aromatic heterocycles. The number of hydrogen-bond acceptors (Lipinski definition) is 2. The van der Waals surface area contributed by atoms with Crippen molar-refractivity contribution in [2.45, 2.75) is 37.6 Å². The average molecular weight is 323 g/mol. The van der Waals surface area contributed by atoms with Crippen molar-refractivity contribution in [3.05, 3.63) is 29.3 Å². The van der Waals surface area contributed by atoms with Gasteiger partial charge >= 0.3 is 0 Å². The van der Waals surface area contributed by atoms with Crippen LogP contribution in [0.5, 0.6) is 0 Å². The first-order chi connectivity index (χ1) is 9.28. The number of anilines is 1. The lowest BCUT2D eigenvalue weighted by molar-refractivity contribution is 0.273. The molecule has 2 heterocycles. The summed E-state index contributed by atoms with van der Waals surface area (Å²) in [7, 11) is 0. The van der Waals surface area contributed by atoms with Crippen molar-refractivity contribution in [2.24, 2.45) is 0 Å². The molecule has 0 aliphatic carbocycles. The van der Waals surface area contributed by atoms with Crippen LogP contribution in [0.2, 0.25) is 0 Å². The molecule has 2 saturated heterocycles. The molecule has 1 aromatic carbocycles. The van der Waals surface area contributed by atoms with E-state index in [0.29, 0.717) is 0 Å². The van der Waals surface area contributed by atoms with Crippen LogP contribution in [0.3, 0.4) is 0 Å². The van der Waals surface area contributed by atoms with Gasteiger partial charge in [0.15, 0.2) is 0 Å². The maximum absolute atomic E-state index is 3.54. The SMILES string of the molecule is Cc1cc(CBr)ccc1N1CCCN2CCCC2C1. The highest BCUT2D eigenvalue weighted by Crippen LogP contribution is 2.28. The zero-order valence-corrected chi connectivity index (χ0v) is 13.3. The van der Waals surface area contributed by atoms with Gasteiger partial charge in [-0.15, -0.1) is 0 Å². The van der Waals surface area contributed by atoms with E-state index in [0.717, 1.165) is 11.4 Å². The van der Waals surface area contributed by atoms with Crippen LogP contribution in [-0.2, 0) is 5.33 Å². The van der Waals surface area contributed by atoms with E-state index in [9.17, 15) is 0 Å². The standard InChI is InChI=1S/C16H23BrN2/c1-13-10-14(11-17)5-6-16(13)19-9-3-8-18-7-2-4-15(18)12-19/h5-6,10,15H,2-4,7-9,11-12H2,1H3. The molecule has 0 bridgehead atoms. The molecule has 0 saturated carbocycles. The molecule has 1 atom stereocenters. The molecule has 1 unspecified atom stereocenters. The first kappa shape index (κ1) is 13.4. The number of hydrogen-bond donors (Lipinski definition) is 0. The number of rotatable bonds is 2. The van der Waals surface area contributed by atoms with Crippen molar-refractivity contribution >= 4 is 21.6 Å². The third-order valence-corrected chi connectivity index (χ3v) is 5.21. The lowest BCUT2D eigenvalue weighted by Gasteiger charge is -2.28. The van der Waals surface area contributed by atoms with E-state index < -0.39 is 0 Å². The van der Waals surface area contributed by atoms with E-state index in [-0.39, 0.29) is 0 Å². The summed E-state index contributed by atoms with van der Waals surface area (Å²) in [6.07, 6.45) is 4.07. The van der Waals surface area contributed by atoms with Crippen molar-refractivity contribution in [3.8, 4) is 0 Å². The Morgan fingerprint density at radius 2 is 2.05 bits per heavy atom. The Morgan fingerprint density at radius 3 is 2.84 bits per heavy atom. The third-order valence-electron chi connectivity index (χ3n) is 4.56. The molecule has 3 heteroatoms. The van der Waals surface area contributed by atoms with E-state index >= 15 is 0 Å². The molecule has 1 aromatic rings. The second-order valence-electron chi connectivity index (χ2n) is 5.89. The van der Waals surface area contributed by atoms with Crippen molar-refractivity contribution < 1.29 is 0 Å². The Balaban J connectivity index is 1.80. The third kappa shape index (κ3) is 2.82. The van der Waals surface area contributed by atoms with Gasteiger partial charge < -0.3 is 4.90 Å². The molecule has 104 valence electrons. The molecular formula is C16H23BrN2. The number of aryl methyl sites for hydroxylation is 1. The number of nitrogens with zero attached hydrogens (tertiary/aromatic N) is 2. The van der Waals surface area contributed by atoms with Gasteiger partial charge in [0, 0.05) is 36.7 Å². The maximum Gasteiger partial charge on any atom is 0.0396 e. The van der Waals surface area contributed by atoms with Gasteiger partial charge in [0.1, 0.15) is 0 Å². The van der Waals surface area contributed by atoms with Crippen LogP contribution in [0.4, 0.5) is 5.69 Å². The fourth-order valence-corrected chi connectivity index (χ4v) is 3.93. The van der Waals surface area contributed by atoms with Gasteiger partial charge in [0.25, 0.3) is 0 Å². The van der Waals surface area contributed by atoms with Crippen LogP contribution in [0.1, 0.15) is 30.4 Å². The number of halogens is 1. The molecule has 2 fully saturated rings. The summed E-state index contributed by atoms with van der Waals surface area (Å²) in [5.74, 6) is 0. The summed E-state index contributed by atoms with van der Waals surface area (Å²) in [6.45, 7) is 7.29. The highest BCUT2D eigenvalue weighted by atomic mass is 79.9. The minimum Gasteiger partial charge on any atom is -0.370 e. The van der Waals surface area contributed by atoms with Crippen molar-refractivity contribution in [3.63, 3.8) is 0 Å². The summed E-state index contributed by atoms with van der Waals surface area (Å²) in [4.78, 5) is 5.31. The second-order valence-corrected chi connectivity index (χ2v) is 6.45. The van der Waals surface area contributed by atoms with Gasteiger partial charge in [0.05, 0.1) is 0 Å². The Bertz CT molecular complexity index is 446. The second kappa shape index (κ2) is 5.84. The highest BCUT2D eigenvalue weighted by molar-refractivity contribution is 9.08. The van der Waals surface area contributed by atoms with Gasteiger partial charge in [-0.3, -0.25) is 4.90 Å². The first-order valence-corrected chi connectivity index (χ1v) is 8.54. The fourth-order valence-electron chi connectivity index (χ4n) is 3.58. The number of fused-ring (bicyclic) bond motifs is 1. The predicted octanol–water partition coefficient (Wildman–Crippen LogP) is 3.56. The molecule has 2 aliphatic heterocycles. The minimum atomic E-state index is 0.790. The predicted molar refractivity (Wildman–Crippen MR) is 85.2 cm³/mol. The molecule has 0 N–H and O–H groups in total. The van der Waals surface area contributed by atoms with E-state index in [2.05, 4.69) is 50.9 Å². The lowest BCUT2D eigenvalue weighted by atomic mass is 10.1. The monoisotopic (exact) mass is 322 g/mol. The summed E-state index contributed by atoms with van der Waals surface area (Å²) < 4.78 is 0. The van der Waals surface area contributed by atoms with Gasteiger partial charge in [0.2, 0.25) is 0 Å². The van der Waals surface area contributed by atoms with Crippen LogP contribution in [-0.4, -0.2) is 37.1 Å². The van der Waals surface area contributed by atoms with E-state index in [1.165, 1.54) is 62.3 Å². The van der Waals surface area contributed by atoms with Crippen LogP contribution in [0, 0.1) is 6.92 Å². The molecule has 0 radical (unpaired) electrons. The van der Waals surface area contributed by atoms with E-state index in [4.69, 9.17) is 0 Å². The Hall–Kier alpha value is -0.540. The van der Waals surface area contributed by atoms with Crippen LogP contribution in [0.25, 0.3) is 0 Å². The van der Waals surface area contributed by atoms with Crippen LogP contribution >= 0.6 is 15.9 Å². The van der Waals surface area contributed by atoms with Crippen molar-refractivity contribution in [2.75, 3.05) is 31.1 Å². The topological polar surface area (TPSA) is 6.48 Å².